The van der Waals surface area contributed by atoms with Gasteiger partial charge in [-0.25, -0.2) is 4.79 Å². The zero-order chi connectivity index (χ0) is 19.4. The van der Waals surface area contributed by atoms with Gasteiger partial charge < -0.3 is 29.6 Å². The van der Waals surface area contributed by atoms with E-state index in [0.29, 0.717) is 26.2 Å². The molecule has 7 nitrogen and oxygen atoms in total. The Morgan fingerprint density at radius 3 is 1.58 bits per heavy atom. The monoisotopic (exact) mass is 373 g/mol. The summed E-state index contributed by atoms with van der Waals surface area (Å²) in [6.07, 6.45) is 3.39. The SMILES string of the molecule is CCC(O)CN1CCCN(CC(O)CC)CCCN(C(=O)OC)CCC1. The molecule has 2 unspecified atom stereocenters. The van der Waals surface area contributed by atoms with Crippen molar-refractivity contribution in [1.82, 2.24) is 14.7 Å². The van der Waals surface area contributed by atoms with Crippen LogP contribution in [0.4, 0.5) is 4.79 Å². The van der Waals surface area contributed by atoms with Gasteiger partial charge in [0.1, 0.15) is 0 Å². The lowest BCUT2D eigenvalue weighted by Crippen LogP contribution is -2.41. The predicted molar refractivity (Wildman–Crippen MR) is 103 cm³/mol. The standard InChI is InChI=1S/C19H39N3O4/c1-4-17(23)15-20-9-6-10-21(16-18(24)5-2)12-8-14-22(13-7-11-20)19(25)26-3/h17-18,23-24H,4-16H2,1-3H3. The fourth-order valence-electron chi connectivity index (χ4n) is 3.35. The number of aliphatic hydroxyl groups is 2. The number of β-amino-alcohol motifs (C(OH)–C–C–N with tert-alkyl or cyclic N) is 2. The number of hydrogen-bond acceptors (Lipinski definition) is 6. The van der Waals surface area contributed by atoms with Crippen molar-refractivity contribution in [2.75, 3.05) is 59.5 Å². The number of aliphatic hydroxyl groups excluding tert-OH is 2. The van der Waals surface area contributed by atoms with Gasteiger partial charge in [-0.05, 0) is 58.3 Å². The van der Waals surface area contributed by atoms with Gasteiger partial charge in [0.05, 0.1) is 19.3 Å². The van der Waals surface area contributed by atoms with Crippen molar-refractivity contribution < 1.29 is 19.7 Å². The van der Waals surface area contributed by atoms with E-state index in [2.05, 4.69) is 9.80 Å². The minimum atomic E-state index is -0.308. The van der Waals surface area contributed by atoms with Crippen LogP contribution in [0.2, 0.25) is 0 Å². The van der Waals surface area contributed by atoms with Crippen molar-refractivity contribution in [1.29, 1.82) is 0 Å². The second kappa shape index (κ2) is 13.3. The Hall–Kier alpha value is -0.890. The molecule has 154 valence electrons. The van der Waals surface area contributed by atoms with Gasteiger partial charge in [0.15, 0.2) is 0 Å². The third kappa shape index (κ3) is 9.16. The maximum atomic E-state index is 12.0. The van der Waals surface area contributed by atoms with Gasteiger partial charge >= 0.3 is 6.09 Å². The summed E-state index contributed by atoms with van der Waals surface area (Å²) in [7, 11) is 1.42. The molecule has 0 aromatic heterocycles. The summed E-state index contributed by atoms with van der Waals surface area (Å²) in [5, 5.41) is 20.0. The summed E-state index contributed by atoms with van der Waals surface area (Å²) < 4.78 is 4.91. The number of hydrogen-bond donors (Lipinski definition) is 2. The Morgan fingerprint density at radius 1 is 0.846 bits per heavy atom. The van der Waals surface area contributed by atoms with Gasteiger partial charge in [-0.1, -0.05) is 13.8 Å². The molecule has 1 amide bonds. The summed E-state index contributed by atoms with van der Waals surface area (Å²) >= 11 is 0. The lowest BCUT2D eigenvalue weighted by Gasteiger charge is -2.31. The van der Waals surface area contributed by atoms with Crippen LogP contribution in [0.25, 0.3) is 0 Å². The molecule has 0 aliphatic carbocycles. The van der Waals surface area contributed by atoms with Crippen LogP contribution in [-0.2, 0) is 4.74 Å². The van der Waals surface area contributed by atoms with Crippen molar-refractivity contribution in [3.63, 3.8) is 0 Å². The first-order chi connectivity index (χ1) is 12.5. The Kier molecular flexibility index (Phi) is 11.8. The minimum Gasteiger partial charge on any atom is -0.453 e. The van der Waals surface area contributed by atoms with Crippen molar-refractivity contribution in [3.8, 4) is 0 Å². The molecule has 1 saturated heterocycles. The van der Waals surface area contributed by atoms with Gasteiger partial charge in [0, 0.05) is 26.2 Å². The smallest absolute Gasteiger partial charge is 0.409 e. The molecule has 1 aliphatic rings. The molecule has 2 atom stereocenters. The van der Waals surface area contributed by atoms with Crippen molar-refractivity contribution >= 4 is 6.09 Å². The van der Waals surface area contributed by atoms with Gasteiger partial charge in [0.25, 0.3) is 0 Å². The highest BCUT2D eigenvalue weighted by molar-refractivity contribution is 5.67. The molecule has 0 radical (unpaired) electrons. The predicted octanol–water partition coefficient (Wildman–Crippen LogP) is 1.38. The number of ether oxygens (including phenoxy) is 1. The van der Waals surface area contributed by atoms with Crippen LogP contribution in [0.1, 0.15) is 46.0 Å². The van der Waals surface area contributed by atoms with Gasteiger partial charge in [-0.3, -0.25) is 0 Å². The van der Waals surface area contributed by atoms with Crippen LogP contribution in [-0.4, -0.2) is 103 Å². The van der Waals surface area contributed by atoms with E-state index in [9.17, 15) is 15.0 Å². The second-order valence-corrected chi connectivity index (χ2v) is 7.24. The fourth-order valence-corrected chi connectivity index (χ4v) is 3.35. The molecule has 0 aromatic carbocycles. The Bertz CT molecular complexity index is 358. The Morgan fingerprint density at radius 2 is 1.23 bits per heavy atom. The molecule has 1 rings (SSSR count). The molecule has 0 bridgehead atoms. The van der Waals surface area contributed by atoms with E-state index in [1.54, 1.807) is 4.90 Å². The van der Waals surface area contributed by atoms with Crippen molar-refractivity contribution in [2.45, 2.75) is 58.2 Å². The topological polar surface area (TPSA) is 76.5 Å². The normalized spacial score (nSPS) is 21.5. The second-order valence-electron chi connectivity index (χ2n) is 7.24. The number of methoxy groups -OCH3 is 1. The van der Waals surface area contributed by atoms with E-state index >= 15 is 0 Å². The van der Waals surface area contributed by atoms with Gasteiger partial charge in [0.2, 0.25) is 0 Å². The van der Waals surface area contributed by atoms with E-state index in [1.807, 2.05) is 13.8 Å². The van der Waals surface area contributed by atoms with Crippen LogP contribution in [0.5, 0.6) is 0 Å². The third-order valence-electron chi connectivity index (χ3n) is 5.07. The summed E-state index contributed by atoms with van der Waals surface area (Å²) in [5.74, 6) is 0. The van der Waals surface area contributed by atoms with Crippen LogP contribution < -0.4 is 0 Å². The van der Waals surface area contributed by atoms with Crippen LogP contribution >= 0.6 is 0 Å². The molecule has 0 aromatic rings. The average Bonchev–Trinajstić information content (AvgIpc) is 2.63. The molecule has 1 aliphatic heterocycles. The Balaban J connectivity index is 2.71. The van der Waals surface area contributed by atoms with E-state index in [4.69, 9.17) is 4.74 Å². The fraction of sp³-hybridized carbons (Fsp3) is 0.947. The lowest BCUT2D eigenvalue weighted by molar-refractivity contribution is 0.0828. The lowest BCUT2D eigenvalue weighted by atomic mass is 10.2. The highest BCUT2D eigenvalue weighted by Gasteiger charge is 2.18. The van der Waals surface area contributed by atoms with Crippen LogP contribution in [0, 0.1) is 0 Å². The number of carbonyl (C=O) groups is 1. The number of amides is 1. The largest absolute Gasteiger partial charge is 0.453 e. The van der Waals surface area contributed by atoms with Gasteiger partial charge in [-0.2, -0.15) is 0 Å². The highest BCUT2D eigenvalue weighted by Crippen LogP contribution is 2.07. The molecule has 26 heavy (non-hydrogen) atoms. The first kappa shape index (κ1) is 23.1. The average molecular weight is 374 g/mol. The van der Waals surface area contributed by atoms with Crippen LogP contribution in [0.3, 0.4) is 0 Å². The van der Waals surface area contributed by atoms with E-state index in [1.165, 1.54) is 7.11 Å². The summed E-state index contributed by atoms with van der Waals surface area (Å²) in [4.78, 5) is 18.3. The molecule has 0 saturated carbocycles. The molecule has 1 heterocycles. The first-order valence-corrected chi connectivity index (χ1v) is 10.1. The van der Waals surface area contributed by atoms with Crippen LogP contribution in [0.15, 0.2) is 0 Å². The zero-order valence-electron chi connectivity index (χ0n) is 16.9. The summed E-state index contributed by atoms with van der Waals surface area (Å²) in [6.45, 7) is 10.2. The Labute approximate surface area is 158 Å². The van der Waals surface area contributed by atoms with Crippen molar-refractivity contribution in [2.24, 2.45) is 0 Å². The molecular weight excluding hydrogens is 334 g/mol. The number of nitrogens with zero attached hydrogens (tertiary/aromatic N) is 3. The third-order valence-corrected chi connectivity index (χ3v) is 5.07. The molecule has 2 N–H and O–H groups in total. The van der Waals surface area contributed by atoms with E-state index in [0.717, 1.165) is 58.3 Å². The van der Waals surface area contributed by atoms with Gasteiger partial charge in [-0.15, -0.1) is 0 Å². The van der Waals surface area contributed by atoms with E-state index in [-0.39, 0.29) is 18.3 Å². The molecule has 1 fully saturated rings. The summed E-state index contributed by atoms with van der Waals surface area (Å²) in [5.41, 5.74) is 0. The zero-order valence-corrected chi connectivity index (χ0v) is 16.9. The maximum absolute atomic E-state index is 12.0. The molecular formula is C19H39N3O4. The van der Waals surface area contributed by atoms with E-state index < -0.39 is 0 Å². The number of carbonyl (C=O) groups excluding carboxylic acids is 1. The number of rotatable bonds is 6. The summed E-state index contributed by atoms with van der Waals surface area (Å²) in [6, 6.07) is 0. The first-order valence-electron chi connectivity index (χ1n) is 10.1. The molecule has 7 heteroatoms. The van der Waals surface area contributed by atoms with Crippen molar-refractivity contribution in [3.05, 3.63) is 0 Å². The quantitative estimate of drug-likeness (QED) is 0.733. The highest BCUT2D eigenvalue weighted by atomic mass is 16.5. The minimum absolute atomic E-state index is 0.276. The maximum Gasteiger partial charge on any atom is 0.409 e. The molecule has 0 spiro atoms.